The molecule has 0 aliphatic heterocycles. The number of nitrogens with zero attached hydrogens (tertiary/aromatic N) is 2. The van der Waals surface area contributed by atoms with Gasteiger partial charge in [-0.05, 0) is 30.2 Å². The molecule has 4 nitrogen and oxygen atoms in total. The summed E-state index contributed by atoms with van der Waals surface area (Å²) in [4.78, 5) is 0.247. The van der Waals surface area contributed by atoms with Crippen molar-refractivity contribution in [1.82, 2.24) is 4.31 Å². The van der Waals surface area contributed by atoms with E-state index in [9.17, 15) is 8.42 Å². The second-order valence-electron chi connectivity index (χ2n) is 4.61. The summed E-state index contributed by atoms with van der Waals surface area (Å²) in [6.45, 7) is 6.90. The first kappa shape index (κ1) is 15.7. The fourth-order valence-electron chi connectivity index (χ4n) is 1.72. The Balaban J connectivity index is 3.03. The summed E-state index contributed by atoms with van der Waals surface area (Å²) in [5.41, 5.74) is 0.462. The second-order valence-corrected chi connectivity index (χ2v) is 6.54. The average molecular weight is 280 g/mol. The summed E-state index contributed by atoms with van der Waals surface area (Å²) in [7, 11) is -3.46. The molecule has 0 heterocycles. The largest absolute Gasteiger partial charge is 0.243 e. The van der Waals surface area contributed by atoms with Crippen molar-refractivity contribution in [2.24, 2.45) is 5.92 Å². The minimum atomic E-state index is -3.46. The molecule has 0 radical (unpaired) electrons. The summed E-state index contributed by atoms with van der Waals surface area (Å²) < 4.78 is 26.4. The van der Waals surface area contributed by atoms with Crippen LogP contribution in [0.4, 0.5) is 0 Å². The van der Waals surface area contributed by atoms with Gasteiger partial charge in [-0.15, -0.1) is 0 Å². The first-order valence-corrected chi connectivity index (χ1v) is 7.90. The van der Waals surface area contributed by atoms with Crippen LogP contribution in [0.15, 0.2) is 29.2 Å². The van der Waals surface area contributed by atoms with Crippen molar-refractivity contribution in [2.75, 3.05) is 13.1 Å². The Hall–Kier alpha value is -1.38. The van der Waals surface area contributed by atoms with E-state index >= 15 is 0 Å². The summed E-state index contributed by atoms with van der Waals surface area (Å²) in [5, 5.41) is 8.73. The van der Waals surface area contributed by atoms with Gasteiger partial charge in [-0.3, -0.25) is 0 Å². The normalized spacial score (nSPS) is 13.2. The first-order valence-electron chi connectivity index (χ1n) is 6.46. The number of hydrogen-bond donors (Lipinski definition) is 0. The van der Waals surface area contributed by atoms with E-state index in [0.717, 1.165) is 6.42 Å². The molecule has 0 aliphatic carbocycles. The highest BCUT2D eigenvalue weighted by atomic mass is 32.2. The summed E-state index contributed by atoms with van der Waals surface area (Å²) in [6.07, 6.45) is 0.944. The van der Waals surface area contributed by atoms with Crippen molar-refractivity contribution >= 4 is 10.0 Å². The Bertz CT molecular complexity index is 544. The third-order valence-electron chi connectivity index (χ3n) is 3.19. The summed E-state index contributed by atoms with van der Waals surface area (Å²) in [5.74, 6) is 0.327. The van der Waals surface area contributed by atoms with Crippen molar-refractivity contribution in [3.63, 3.8) is 0 Å². The molecule has 0 N–H and O–H groups in total. The molecule has 0 aromatic heterocycles. The maximum atomic E-state index is 12.5. The Labute approximate surface area is 115 Å². The first-order chi connectivity index (χ1) is 8.95. The van der Waals surface area contributed by atoms with Crippen LogP contribution in [0.2, 0.25) is 0 Å². The molecular weight excluding hydrogens is 260 g/mol. The maximum absolute atomic E-state index is 12.5. The van der Waals surface area contributed by atoms with Crippen molar-refractivity contribution in [1.29, 1.82) is 5.26 Å². The van der Waals surface area contributed by atoms with E-state index in [1.807, 2.05) is 26.8 Å². The zero-order valence-corrected chi connectivity index (χ0v) is 12.4. The number of hydrogen-bond acceptors (Lipinski definition) is 3. The highest BCUT2D eigenvalue weighted by Crippen LogP contribution is 2.18. The van der Waals surface area contributed by atoms with Gasteiger partial charge in [-0.2, -0.15) is 9.57 Å². The average Bonchev–Trinajstić information content (AvgIpc) is 2.44. The molecule has 1 atom stereocenters. The maximum Gasteiger partial charge on any atom is 0.243 e. The lowest BCUT2D eigenvalue weighted by Gasteiger charge is -2.23. The molecule has 0 aliphatic rings. The minimum Gasteiger partial charge on any atom is -0.207 e. The molecule has 1 unspecified atom stereocenters. The topological polar surface area (TPSA) is 61.2 Å². The number of rotatable bonds is 6. The minimum absolute atomic E-state index is 0.247. The van der Waals surface area contributed by atoms with Crippen molar-refractivity contribution in [2.45, 2.75) is 32.1 Å². The van der Waals surface area contributed by atoms with E-state index in [4.69, 9.17) is 5.26 Å². The fourth-order valence-corrected chi connectivity index (χ4v) is 3.29. The van der Waals surface area contributed by atoms with Crippen LogP contribution in [0.3, 0.4) is 0 Å². The molecule has 5 heteroatoms. The van der Waals surface area contributed by atoms with Gasteiger partial charge >= 0.3 is 0 Å². The van der Waals surface area contributed by atoms with E-state index in [1.54, 1.807) is 0 Å². The van der Waals surface area contributed by atoms with Gasteiger partial charge in [0.2, 0.25) is 10.0 Å². The molecule has 0 bridgehead atoms. The van der Waals surface area contributed by atoms with Gasteiger partial charge in [0.1, 0.15) is 0 Å². The monoisotopic (exact) mass is 280 g/mol. The zero-order chi connectivity index (χ0) is 14.5. The molecule has 0 saturated heterocycles. The van der Waals surface area contributed by atoms with E-state index in [1.165, 1.54) is 28.6 Å². The molecule has 104 valence electrons. The fraction of sp³-hybridized carbons (Fsp3) is 0.500. The van der Waals surface area contributed by atoms with Gasteiger partial charge in [-0.25, -0.2) is 8.42 Å². The van der Waals surface area contributed by atoms with Crippen LogP contribution < -0.4 is 0 Å². The van der Waals surface area contributed by atoms with E-state index in [0.29, 0.717) is 24.6 Å². The third-order valence-corrected chi connectivity index (χ3v) is 5.14. The molecule has 1 rings (SSSR count). The van der Waals surface area contributed by atoms with Crippen LogP contribution >= 0.6 is 0 Å². The van der Waals surface area contributed by atoms with Crippen LogP contribution in [-0.4, -0.2) is 25.8 Å². The van der Waals surface area contributed by atoms with Gasteiger partial charge in [0.15, 0.2) is 0 Å². The molecule has 0 spiro atoms. The number of sulfonamides is 1. The SMILES string of the molecule is CCC(C)CN(CC)S(=O)(=O)c1ccc(C#N)cc1. The highest BCUT2D eigenvalue weighted by molar-refractivity contribution is 7.89. The molecule has 0 saturated carbocycles. The predicted octanol–water partition coefficient (Wildman–Crippen LogP) is 2.61. The van der Waals surface area contributed by atoms with Gasteiger partial charge in [0, 0.05) is 13.1 Å². The van der Waals surface area contributed by atoms with Gasteiger partial charge in [0.25, 0.3) is 0 Å². The Kier molecular flexibility index (Phi) is 5.52. The molecule has 0 amide bonds. The van der Waals surface area contributed by atoms with Gasteiger partial charge in [-0.1, -0.05) is 27.2 Å². The molecule has 19 heavy (non-hydrogen) atoms. The van der Waals surface area contributed by atoms with Crippen LogP contribution in [0.25, 0.3) is 0 Å². The Morgan fingerprint density at radius 1 is 1.26 bits per heavy atom. The van der Waals surface area contributed by atoms with Gasteiger partial charge in [0.05, 0.1) is 16.5 Å². The summed E-state index contributed by atoms with van der Waals surface area (Å²) >= 11 is 0. The molecule has 0 fully saturated rings. The van der Waals surface area contributed by atoms with Crippen LogP contribution in [0, 0.1) is 17.2 Å². The second kappa shape index (κ2) is 6.69. The van der Waals surface area contributed by atoms with Crippen LogP contribution in [-0.2, 0) is 10.0 Å². The van der Waals surface area contributed by atoms with Crippen LogP contribution in [0.1, 0.15) is 32.8 Å². The highest BCUT2D eigenvalue weighted by Gasteiger charge is 2.24. The van der Waals surface area contributed by atoms with Crippen molar-refractivity contribution in [3.8, 4) is 6.07 Å². The van der Waals surface area contributed by atoms with Gasteiger partial charge < -0.3 is 0 Å². The lowest BCUT2D eigenvalue weighted by atomic mass is 10.1. The molecule has 1 aromatic carbocycles. The molecule has 1 aromatic rings. The lowest BCUT2D eigenvalue weighted by Crippen LogP contribution is -2.34. The van der Waals surface area contributed by atoms with E-state index in [-0.39, 0.29) is 4.90 Å². The zero-order valence-electron chi connectivity index (χ0n) is 11.6. The Morgan fingerprint density at radius 3 is 2.26 bits per heavy atom. The van der Waals surface area contributed by atoms with Crippen LogP contribution in [0.5, 0.6) is 0 Å². The number of benzene rings is 1. The predicted molar refractivity (Wildman–Crippen MR) is 75.0 cm³/mol. The quantitative estimate of drug-likeness (QED) is 0.804. The van der Waals surface area contributed by atoms with E-state index in [2.05, 4.69) is 0 Å². The Morgan fingerprint density at radius 2 is 1.84 bits per heavy atom. The smallest absolute Gasteiger partial charge is 0.207 e. The standard InChI is InChI=1S/C14H20N2O2S/c1-4-12(3)11-16(5-2)19(17,18)14-8-6-13(10-15)7-9-14/h6-9,12H,4-5,11H2,1-3H3. The third kappa shape index (κ3) is 3.79. The lowest BCUT2D eigenvalue weighted by molar-refractivity contribution is 0.361. The van der Waals surface area contributed by atoms with Crippen molar-refractivity contribution < 1.29 is 8.42 Å². The van der Waals surface area contributed by atoms with Crippen molar-refractivity contribution in [3.05, 3.63) is 29.8 Å². The number of nitriles is 1. The van der Waals surface area contributed by atoms with E-state index < -0.39 is 10.0 Å². The summed E-state index contributed by atoms with van der Waals surface area (Å²) in [6, 6.07) is 8.03. The molecular formula is C14H20N2O2S.